The third kappa shape index (κ3) is 3.21. The molecule has 0 saturated heterocycles. The lowest BCUT2D eigenvalue weighted by atomic mass is 10.1. The highest BCUT2D eigenvalue weighted by molar-refractivity contribution is 7.92. The van der Waals surface area contributed by atoms with Crippen LogP contribution >= 0.6 is 11.6 Å². The standard InChI is InChI=1S/C12H12ClN3O2S/c1-8-3-4-10(7-9(8)2)19(17,18)16-12-14-6-5-11(13)15-12/h3-7H,1-2H3,(H,14,15,16). The van der Waals surface area contributed by atoms with Gasteiger partial charge in [-0.1, -0.05) is 17.7 Å². The van der Waals surface area contributed by atoms with Crippen molar-refractivity contribution >= 4 is 27.6 Å². The molecule has 0 radical (unpaired) electrons. The molecule has 0 unspecified atom stereocenters. The molecular formula is C12H12ClN3O2S. The number of halogens is 1. The highest BCUT2D eigenvalue weighted by Gasteiger charge is 2.16. The number of sulfonamides is 1. The number of aromatic nitrogens is 2. The van der Waals surface area contributed by atoms with Gasteiger partial charge in [0.1, 0.15) is 5.15 Å². The molecule has 0 fully saturated rings. The average Bonchev–Trinajstić information content (AvgIpc) is 2.32. The van der Waals surface area contributed by atoms with E-state index in [-0.39, 0.29) is 16.0 Å². The van der Waals surface area contributed by atoms with Crippen LogP contribution in [0, 0.1) is 13.8 Å². The summed E-state index contributed by atoms with van der Waals surface area (Å²) in [6.07, 6.45) is 1.38. The van der Waals surface area contributed by atoms with Gasteiger partial charge in [0.15, 0.2) is 0 Å². The van der Waals surface area contributed by atoms with E-state index in [1.807, 2.05) is 13.8 Å². The highest BCUT2D eigenvalue weighted by Crippen LogP contribution is 2.17. The summed E-state index contributed by atoms with van der Waals surface area (Å²) in [5, 5.41) is 0.174. The molecule has 19 heavy (non-hydrogen) atoms. The molecule has 0 bridgehead atoms. The summed E-state index contributed by atoms with van der Waals surface area (Å²) < 4.78 is 26.6. The molecule has 1 N–H and O–H groups in total. The minimum Gasteiger partial charge on any atom is -0.247 e. The van der Waals surface area contributed by atoms with E-state index >= 15 is 0 Å². The Kier molecular flexibility index (Phi) is 3.73. The summed E-state index contributed by atoms with van der Waals surface area (Å²) in [4.78, 5) is 7.76. The van der Waals surface area contributed by atoms with Gasteiger partial charge in [-0.15, -0.1) is 0 Å². The van der Waals surface area contributed by atoms with E-state index in [9.17, 15) is 8.42 Å². The Morgan fingerprint density at radius 2 is 1.89 bits per heavy atom. The van der Waals surface area contributed by atoms with Gasteiger partial charge >= 0.3 is 0 Å². The van der Waals surface area contributed by atoms with Gasteiger partial charge in [-0.05, 0) is 43.2 Å². The molecule has 100 valence electrons. The van der Waals surface area contributed by atoms with Crippen molar-refractivity contribution < 1.29 is 8.42 Å². The normalized spacial score (nSPS) is 11.3. The maximum Gasteiger partial charge on any atom is 0.264 e. The predicted molar refractivity (Wildman–Crippen MR) is 73.8 cm³/mol. The summed E-state index contributed by atoms with van der Waals surface area (Å²) in [6.45, 7) is 3.77. The topological polar surface area (TPSA) is 72.0 Å². The monoisotopic (exact) mass is 297 g/mol. The molecule has 0 aliphatic rings. The smallest absolute Gasteiger partial charge is 0.247 e. The molecule has 0 aliphatic carbocycles. The van der Waals surface area contributed by atoms with Gasteiger partial charge in [-0.25, -0.2) is 23.1 Å². The highest BCUT2D eigenvalue weighted by atomic mass is 35.5. The van der Waals surface area contributed by atoms with Crippen LogP contribution in [0.15, 0.2) is 35.4 Å². The first-order valence-electron chi connectivity index (χ1n) is 5.47. The van der Waals surface area contributed by atoms with Gasteiger partial charge in [-0.2, -0.15) is 0 Å². The van der Waals surface area contributed by atoms with E-state index in [0.29, 0.717) is 0 Å². The summed E-state index contributed by atoms with van der Waals surface area (Å²) in [5.74, 6) is -0.0503. The fourth-order valence-corrected chi connectivity index (χ4v) is 2.62. The predicted octanol–water partition coefficient (Wildman–Crippen LogP) is 2.55. The van der Waals surface area contributed by atoms with Gasteiger partial charge in [0.05, 0.1) is 4.90 Å². The van der Waals surface area contributed by atoms with Crippen LogP contribution in [0.25, 0.3) is 0 Å². The molecule has 1 aromatic heterocycles. The lowest BCUT2D eigenvalue weighted by molar-refractivity contribution is 0.600. The number of rotatable bonds is 3. The van der Waals surface area contributed by atoms with Crippen molar-refractivity contribution in [3.05, 3.63) is 46.7 Å². The van der Waals surface area contributed by atoms with Gasteiger partial charge < -0.3 is 0 Å². The zero-order valence-electron chi connectivity index (χ0n) is 10.4. The molecule has 1 heterocycles. The summed E-state index contributed by atoms with van der Waals surface area (Å²) in [6, 6.07) is 6.36. The van der Waals surface area contributed by atoms with E-state index < -0.39 is 10.0 Å². The zero-order valence-corrected chi connectivity index (χ0v) is 12.0. The quantitative estimate of drug-likeness (QED) is 0.884. The van der Waals surface area contributed by atoms with E-state index in [0.717, 1.165) is 11.1 Å². The first kappa shape index (κ1) is 13.8. The molecule has 0 saturated carbocycles. The Morgan fingerprint density at radius 1 is 1.16 bits per heavy atom. The Hall–Kier alpha value is -1.66. The SMILES string of the molecule is Cc1ccc(S(=O)(=O)Nc2nccc(Cl)n2)cc1C. The second kappa shape index (κ2) is 5.14. The number of hydrogen-bond acceptors (Lipinski definition) is 4. The van der Waals surface area contributed by atoms with Crippen LogP contribution < -0.4 is 4.72 Å². The van der Waals surface area contributed by atoms with Crippen molar-refractivity contribution in [3.8, 4) is 0 Å². The molecule has 7 heteroatoms. The molecule has 0 atom stereocenters. The van der Waals surface area contributed by atoms with Crippen molar-refractivity contribution in [2.75, 3.05) is 4.72 Å². The van der Waals surface area contributed by atoms with Crippen LogP contribution in [0.4, 0.5) is 5.95 Å². The number of anilines is 1. The second-order valence-electron chi connectivity index (χ2n) is 4.05. The number of nitrogens with zero attached hydrogens (tertiary/aromatic N) is 2. The van der Waals surface area contributed by atoms with Crippen molar-refractivity contribution in [1.29, 1.82) is 0 Å². The summed E-state index contributed by atoms with van der Waals surface area (Å²) in [5.41, 5.74) is 1.92. The van der Waals surface area contributed by atoms with Crippen LogP contribution in [0.5, 0.6) is 0 Å². The second-order valence-corrected chi connectivity index (χ2v) is 6.12. The Morgan fingerprint density at radius 3 is 2.53 bits per heavy atom. The van der Waals surface area contributed by atoms with Crippen LogP contribution in [0.1, 0.15) is 11.1 Å². The Balaban J connectivity index is 2.35. The molecule has 2 rings (SSSR count). The van der Waals surface area contributed by atoms with E-state index in [1.165, 1.54) is 18.3 Å². The number of aryl methyl sites for hydroxylation is 2. The third-order valence-corrected chi connectivity index (χ3v) is 4.17. The molecule has 1 aromatic carbocycles. The first-order chi connectivity index (χ1) is 8.88. The molecular weight excluding hydrogens is 286 g/mol. The third-order valence-electron chi connectivity index (χ3n) is 2.64. The Labute approximate surface area is 116 Å². The van der Waals surface area contributed by atoms with Gasteiger partial charge in [-0.3, -0.25) is 0 Å². The van der Waals surface area contributed by atoms with Crippen LogP contribution in [0.3, 0.4) is 0 Å². The lowest BCUT2D eigenvalue weighted by Gasteiger charge is -2.08. The van der Waals surface area contributed by atoms with Crippen LogP contribution in [-0.2, 0) is 10.0 Å². The van der Waals surface area contributed by atoms with E-state index in [2.05, 4.69) is 14.7 Å². The van der Waals surface area contributed by atoms with Crippen LogP contribution in [-0.4, -0.2) is 18.4 Å². The van der Waals surface area contributed by atoms with E-state index in [1.54, 1.807) is 12.1 Å². The van der Waals surface area contributed by atoms with Crippen molar-refractivity contribution in [1.82, 2.24) is 9.97 Å². The van der Waals surface area contributed by atoms with Crippen molar-refractivity contribution in [2.45, 2.75) is 18.7 Å². The summed E-state index contributed by atoms with van der Waals surface area (Å²) in [7, 11) is -3.70. The molecule has 5 nitrogen and oxygen atoms in total. The largest absolute Gasteiger partial charge is 0.264 e. The number of nitrogens with one attached hydrogen (secondary N) is 1. The Bertz CT molecular complexity index is 717. The lowest BCUT2D eigenvalue weighted by Crippen LogP contribution is -2.15. The zero-order chi connectivity index (χ0) is 14.0. The molecule has 2 aromatic rings. The minimum absolute atomic E-state index is 0.0503. The first-order valence-corrected chi connectivity index (χ1v) is 7.33. The minimum atomic E-state index is -3.70. The average molecular weight is 298 g/mol. The van der Waals surface area contributed by atoms with Crippen molar-refractivity contribution in [2.24, 2.45) is 0 Å². The van der Waals surface area contributed by atoms with Crippen molar-refractivity contribution in [3.63, 3.8) is 0 Å². The van der Waals surface area contributed by atoms with Gasteiger partial charge in [0, 0.05) is 6.20 Å². The molecule has 0 spiro atoms. The number of hydrogen-bond donors (Lipinski definition) is 1. The fraction of sp³-hybridized carbons (Fsp3) is 0.167. The molecule has 0 amide bonds. The van der Waals surface area contributed by atoms with Gasteiger partial charge in [0.2, 0.25) is 5.95 Å². The van der Waals surface area contributed by atoms with Gasteiger partial charge in [0.25, 0.3) is 10.0 Å². The maximum atomic E-state index is 12.1. The summed E-state index contributed by atoms with van der Waals surface area (Å²) >= 11 is 5.68. The fourth-order valence-electron chi connectivity index (χ4n) is 1.45. The van der Waals surface area contributed by atoms with Crippen LogP contribution in [0.2, 0.25) is 5.15 Å². The maximum absolute atomic E-state index is 12.1. The molecule has 0 aliphatic heterocycles. The number of benzene rings is 1. The van der Waals surface area contributed by atoms with E-state index in [4.69, 9.17) is 11.6 Å².